The van der Waals surface area contributed by atoms with E-state index in [9.17, 15) is 23.3 Å². The summed E-state index contributed by atoms with van der Waals surface area (Å²) in [4.78, 5) is 25.0. The van der Waals surface area contributed by atoms with Crippen LogP contribution in [0.4, 0.5) is 11.4 Å². The largest absolute Gasteiger partial charge is 0.379 e. The lowest BCUT2D eigenvalue weighted by Gasteiger charge is -2.26. The van der Waals surface area contributed by atoms with Crippen molar-refractivity contribution in [1.82, 2.24) is 10.2 Å². The second-order valence-corrected chi connectivity index (χ2v) is 10.1. The third-order valence-electron chi connectivity index (χ3n) is 5.52. The minimum absolute atomic E-state index is 0.0453. The number of sulfonamides is 1. The number of rotatable bonds is 11. The molecular formula is C23H30N4O6S. The van der Waals surface area contributed by atoms with Crippen LogP contribution >= 0.6 is 0 Å². The summed E-state index contributed by atoms with van der Waals surface area (Å²) in [6.45, 7) is 4.68. The molecule has 0 aromatic heterocycles. The molecule has 1 aliphatic heterocycles. The standard InChI is InChI=1S/C23H30N4O6S/c1-34(31,32)26(21-4-2-5-22(16-21)27(29)30)11-3-6-23(28)24-17-19-7-9-20(10-8-19)18-25-12-14-33-15-13-25/h2,4-5,7-10,16H,3,6,11-15,17-18H2,1H3,(H,24,28). The fourth-order valence-corrected chi connectivity index (χ4v) is 4.66. The first-order valence-corrected chi connectivity index (χ1v) is 12.9. The Labute approximate surface area is 199 Å². The highest BCUT2D eigenvalue weighted by Crippen LogP contribution is 2.23. The number of non-ortho nitro benzene ring substituents is 1. The first-order valence-electron chi connectivity index (χ1n) is 11.1. The summed E-state index contributed by atoms with van der Waals surface area (Å²) >= 11 is 0. The second kappa shape index (κ2) is 11.9. The number of nitro groups is 1. The van der Waals surface area contributed by atoms with Gasteiger partial charge < -0.3 is 10.1 Å². The molecule has 1 N–H and O–H groups in total. The Morgan fingerprint density at radius 1 is 1.15 bits per heavy atom. The summed E-state index contributed by atoms with van der Waals surface area (Å²) in [5.41, 5.74) is 2.20. The van der Waals surface area contributed by atoms with E-state index in [0.29, 0.717) is 6.54 Å². The van der Waals surface area contributed by atoms with Gasteiger partial charge in [-0.3, -0.25) is 24.1 Å². The van der Waals surface area contributed by atoms with Crippen molar-refractivity contribution in [3.8, 4) is 0 Å². The maximum atomic E-state index is 12.3. The van der Waals surface area contributed by atoms with Crippen molar-refractivity contribution >= 4 is 27.3 Å². The zero-order valence-electron chi connectivity index (χ0n) is 19.2. The van der Waals surface area contributed by atoms with E-state index < -0.39 is 14.9 Å². The molecule has 1 aliphatic rings. The van der Waals surface area contributed by atoms with Gasteiger partial charge in [0, 0.05) is 51.3 Å². The number of hydrogen-bond donors (Lipinski definition) is 1. The normalized spacial score (nSPS) is 14.5. The molecule has 2 aromatic carbocycles. The molecule has 10 nitrogen and oxygen atoms in total. The number of nitrogens with one attached hydrogen (secondary N) is 1. The van der Waals surface area contributed by atoms with E-state index in [4.69, 9.17) is 4.74 Å². The summed E-state index contributed by atoms with van der Waals surface area (Å²) in [6.07, 6.45) is 1.45. The molecule has 3 rings (SSSR count). The Kier molecular flexibility index (Phi) is 8.97. The molecule has 0 saturated carbocycles. The third kappa shape index (κ3) is 7.79. The van der Waals surface area contributed by atoms with Crippen LogP contribution in [0, 0.1) is 10.1 Å². The number of amides is 1. The number of anilines is 1. The van der Waals surface area contributed by atoms with E-state index >= 15 is 0 Å². The molecule has 0 unspecified atom stereocenters. The molecule has 0 spiro atoms. The molecule has 0 radical (unpaired) electrons. The van der Waals surface area contributed by atoms with Gasteiger partial charge in [-0.2, -0.15) is 0 Å². The lowest BCUT2D eigenvalue weighted by molar-refractivity contribution is -0.384. The third-order valence-corrected chi connectivity index (χ3v) is 6.71. The number of benzene rings is 2. The number of nitrogens with zero attached hydrogens (tertiary/aromatic N) is 3. The van der Waals surface area contributed by atoms with Gasteiger partial charge in [-0.1, -0.05) is 30.3 Å². The van der Waals surface area contributed by atoms with Crippen LogP contribution in [0.1, 0.15) is 24.0 Å². The van der Waals surface area contributed by atoms with Gasteiger partial charge in [-0.05, 0) is 23.6 Å². The minimum Gasteiger partial charge on any atom is -0.379 e. The summed E-state index contributed by atoms with van der Waals surface area (Å²) in [5.74, 6) is -0.190. The van der Waals surface area contributed by atoms with Gasteiger partial charge in [0.05, 0.1) is 30.1 Å². The number of hydrogen-bond acceptors (Lipinski definition) is 7. The topological polar surface area (TPSA) is 122 Å². The van der Waals surface area contributed by atoms with Gasteiger partial charge in [-0.25, -0.2) is 8.42 Å². The molecule has 0 atom stereocenters. The smallest absolute Gasteiger partial charge is 0.271 e. The van der Waals surface area contributed by atoms with E-state index in [-0.39, 0.29) is 36.7 Å². The van der Waals surface area contributed by atoms with E-state index in [1.54, 1.807) is 0 Å². The van der Waals surface area contributed by atoms with Crippen molar-refractivity contribution in [3.05, 3.63) is 69.8 Å². The van der Waals surface area contributed by atoms with E-state index in [1.807, 2.05) is 12.1 Å². The lowest BCUT2D eigenvalue weighted by Crippen LogP contribution is -2.35. The summed E-state index contributed by atoms with van der Waals surface area (Å²) in [7, 11) is -3.66. The molecule has 184 valence electrons. The number of ether oxygens (including phenoxy) is 1. The van der Waals surface area contributed by atoms with Gasteiger partial charge in [0.1, 0.15) is 0 Å². The predicted molar refractivity (Wildman–Crippen MR) is 129 cm³/mol. The molecule has 11 heteroatoms. The van der Waals surface area contributed by atoms with Crippen molar-refractivity contribution in [2.45, 2.75) is 25.9 Å². The summed E-state index contributed by atoms with van der Waals surface area (Å²) in [6, 6.07) is 13.5. The fraction of sp³-hybridized carbons (Fsp3) is 0.435. The Morgan fingerprint density at radius 2 is 1.82 bits per heavy atom. The number of carbonyl (C=O) groups excluding carboxylic acids is 1. The van der Waals surface area contributed by atoms with Crippen molar-refractivity contribution in [1.29, 1.82) is 0 Å². The molecular weight excluding hydrogens is 460 g/mol. The Morgan fingerprint density at radius 3 is 2.47 bits per heavy atom. The van der Waals surface area contributed by atoms with Gasteiger partial charge in [0.2, 0.25) is 15.9 Å². The van der Waals surface area contributed by atoms with Crippen LogP contribution in [0.5, 0.6) is 0 Å². The molecule has 34 heavy (non-hydrogen) atoms. The van der Waals surface area contributed by atoms with Crippen LogP contribution in [-0.2, 0) is 32.6 Å². The van der Waals surface area contributed by atoms with Crippen LogP contribution in [-0.4, -0.2) is 63.3 Å². The zero-order valence-corrected chi connectivity index (χ0v) is 20.0. The molecule has 2 aromatic rings. The zero-order chi connectivity index (χ0) is 24.6. The lowest BCUT2D eigenvalue weighted by atomic mass is 10.1. The van der Waals surface area contributed by atoms with E-state index in [1.165, 1.54) is 29.8 Å². The maximum Gasteiger partial charge on any atom is 0.271 e. The molecule has 1 amide bonds. The van der Waals surface area contributed by atoms with Crippen LogP contribution in [0.15, 0.2) is 48.5 Å². The van der Waals surface area contributed by atoms with Crippen LogP contribution in [0.3, 0.4) is 0 Å². The van der Waals surface area contributed by atoms with Crippen molar-refractivity contribution in [2.75, 3.05) is 43.4 Å². The first kappa shape index (κ1) is 25.6. The Balaban J connectivity index is 1.46. The second-order valence-electron chi connectivity index (χ2n) is 8.20. The van der Waals surface area contributed by atoms with Gasteiger partial charge in [0.25, 0.3) is 5.69 Å². The van der Waals surface area contributed by atoms with Gasteiger partial charge in [0.15, 0.2) is 0 Å². The van der Waals surface area contributed by atoms with E-state index in [2.05, 4.69) is 22.3 Å². The Hall–Kier alpha value is -3.02. The minimum atomic E-state index is -3.66. The Bertz CT molecular complexity index is 1080. The highest BCUT2D eigenvalue weighted by atomic mass is 32.2. The summed E-state index contributed by atoms with van der Waals surface area (Å²) < 4.78 is 30.8. The molecule has 1 saturated heterocycles. The quantitative estimate of drug-likeness (QED) is 0.379. The van der Waals surface area contributed by atoms with E-state index in [0.717, 1.165) is 49.0 Å². The number of carbonyl (C=O) groups is 1. The number of morpholine rings is 1. The first-order chi connectivity index (χ1) is 16.2. The average molecular weight is 491 g/mol. The van der Waals surface area contributed by atoms with Gasteiger partial charge in [-0.15, -0.1) is 0 Å². The van der Waals surface area contributed by atoms with Crippen LogP contribution < -0.4 is 9.62 Å². The SMILES string of the molecule is CS(=O)(=O)N(CCCC(=O)NCc1ccc(CN2CCOCC2)cc1)c1cccc([N+](=O)[O-])c1. The van der Waals surface area contributed by atoms with Crippen LogP contribution in [0.25, 0.3) is 0 Å². The monoisotopic (exact) mass is 490 g/mol. The van der Waals surface area contributed by atoms with Gasteiger partial charge >= 0.3 is 0 Å². The highest BCUT2D eigenvalue weighted by Gasteiger charge is 2.20. The highest BCUT2D eigenvalue weighted by molar-refractivity contribution is 7.92. The molecule has 0 aliphatic carbocycles. The van der Waals surface area contributed by atoms with Crippen LogP contribution in [0.2, 0.25) is 0 Å². The van der Waals surface area contributed by atoms with Crippen molar-refractivity contribution in [3.63, 3.8) is 0 Å². The van der Waals surface area contributed by atoms with Crippen molar-refractivity contribution < 1.29 is 22.9 Å². The van der Waals surface area contributed by atoms with Crippen molar-refractivity contribution in [2.24, 2.45) is 0 Å². The number of nitro benzene ring substituents is 1. The molecule has 1 heterocycles. The predicted octanol–water partition coefficient (Wildman–Crippen LogP) is 2.29. The maximum absolute atomic E-state index is 12.3. The molecule has 1 fully saturated rings. The fourth-order valence-electron chi connectivity index (χ4n) is 3.70. The average Bonchev–Trinajstić information content (AvgIpc) is 2.81. The summed E-state index contributed by atoms with van der Waals surface area (Å²) in [5, 5.41) is 13.9. The molecule has 0 bridgehead atoms.